The lowest BCUT2D eigenvalue weighted by atomic mass is 10.0. The maximum Gasteiger partial charge on any atom is 0.321 e. The molecule has 19 heavy (non-hydrogen) atoms. The summed E-state index contributed by atoms with van der Waals surface area (Å²) >= 11 is 1.60. The fourth-order valence-electron chi connectivity index (χ4n) is 1.94. The van der Waals surface area contributed by atoms with E-state index >= 15 is 0 Å². The minimum absolute atomic E-state index is 0.155. The van der Waals surface area contributed by atoms with Gasteiger partial charge in [-0.15, -0.1) is 11.8 Å². The number of carbonyl (C=O) groups excluding carboxylic acids is 1. The molecule has 0 atom stereocenters. The first kappa shape index (κ1) is 16.1. The topological polar surface area (TPSA) is 26.3 Å². The van der Waals surface area contributed by atoms with E-state index in [4.69, 9.17) is 4.74 Å². The fourth-order valence-corrected chi connectivity index (χ4v) is 3.22. The van der Waals surface area contributed by atoms with Crippen LogP contribution in [0.1, 0.15) is 43.0 Å². The summed E-state index contributed by atoms with van der Waals surface area (Å²) in [6, 6.07) is 2.20. The van der Waals surface area contributed by atoms with E-state index in [9.17, 15) is 4.79 Å². The number of rotatable bonds is 4. The van der Waals surface area contributed by atoms with Gasteiger partial charge in [0.1, 0.15) is 4.75 Å². The van der Waals surface area contributed by atoms with Crippen LogP contribution in [-0.4, -0.2) is 17.3 Å². The Kier molecular flexibility index (Phi) is 5.08. The summed E-state index contributed by atoms with van der Waals surface area (Å²) in [7, 11) is 0. The summed E-state index contributed by atoms with van der Waals surface area (Å²) < 4.78 is 4.60. The smallest absolute Gasteiger partial charge is 0.321 e. The highest BCUT2D eigenvalue weighted by molar-refractivity contribution is 8.01. The van der Waals surface area contributed by atoms with Crippen LogP contribution in [0.5, 0.6) is 0 Å². The highest BCUT2D eigenvalue weighted by Gasteiger charge is 2.32. The monoisotopic (exact) mass is 280 g/mol. The molecule has 2 nitrogen and oxygen atoms in total. The van der Waals surface area contributed by atoms with Crippen LogP contribution in [0.3, 0.4) is 0 Å². The number of carbonyl (C=O) groups is 1. The predicted octanol–water partition coefficient (Wildman–Crippen LogP) is 4.35. The van der Waals surface area contributed by atoms with E-state index in [0.717, 1.165) is 0 Å². The van der Waals surface area contributed by atoms with Crippen molar-refractivity contribution in [3.05, 3.63) is 28.3 Å². The van der Waals surface area contributed by atoms with Crippen molar-refractivity contribution in [2.45, 2.75) is 58.1 Å². The summed E-state index contributed by atoms with van der Waals surface area (Å²) in [5, 5.41) is 0. The first-order valence-corrected chi connectivity index (χ1v) is 7.46. The van der Waals surface area contributed by atoms with Crippen LogP contribution in [0, 0.1) is 27.7 Å². The van der Waals surface area contributed by atoms with Crippen LogP contribution in [-0.2, 0) is 9.53 Å². The molecule has 0 amide bonds. The van der Waals surface area contributed by atoms with Crippen LogP contribution in [0.25, 0.3) is 0 Å². The molecule has 1 aromatic carbocycles. The minimum Gasteiger partial charge on any atom is -0.465 e. The number of aryl methyl sites for hydroxylation is 2. The Morgan fingerprint density at radius 1 is 1.16 bits per heavy atom. The van der Waals surface area contributed by atoms with Crippen molar-refractivity contribution in [3.8, 4) is 0 Å². The van der Waals surface area contributed by atoms with Crippen molar-refractivity contribution in [1.29, 1.82) is 0 Å². The standard InChI is InChI=1S/C16H24O2S/c1-8-18-15(17)16(6,7)19-14-12(4)10(2)9-11(3)13(14)5/h9H,8H2,1-7H3. The Morgan fingerprint density at radius 2 is 1.63 bits per heavy atom. The predicted molar refractivity (Wildman–Crippen MR) is 82.0 cm³/mol. The molecule has 0 aliphatic rings. The second-order valence-corrected chi connectivity index (χ2v) is 7.06. The van der Waals surface area contributed by atoms with Gasteiger partial charge in [-0.2, -0.15) is 0 Å². The van der Waals surface area contributed by atoms with E-state index < -0.39 is 4.75 Å². The Hall–Kier alpha value is -0.960. The summed E-state index contributed by atoms with van der Waals surface area (Å²) in [6.45, 7) is 14.6. The molecule has 0 fully saturated rings. The Balaban J connectivity index is 3.15. The van der Waals surface area contributed by atoms with Gasteiger partial charge in [0, 0.05) is 4.90 Å². The summed E-state index contributed by atoms with van der Waals surface area (Å²) in [4.78, 5) is 13.2. The van der Waals surface area contributed by atoms with E-state index in [0.29, 0.717) is 6.61 Å². The maximum atomic E-state index is 12.0. The fraction of sp³-hybridized carbons (Fsp3) is 0.562. The quantitative estimate of drug-likeness (QED) is 0.605. The zero-order valence-corrected chi connectivity index (χ0v) is 13.8. The zero-order chi connectivity index (χ0) is 14.8. The number of hydrogen-bond donors (Lipinski definition) is 0. The SMILES string of the molecule is CCOC(=O)C(C)(C)Sc1c(C)c(C)cc(C)c1C. The van der Waals surface area contributed by atoms with Crippen LogP contribution in [0.15, 0.2) is 11.0 Å². The van der Waals surface area contributed by atoms with Gasteiger partial charge in [-0.1, -0.05) is 6.07 Å². The van der Waals surface area contributed by atoms with Crippen LogP contribution in [0.2, 0.25) is 0 Å². The second-order valence-electron chi connectivity index (χ2n) is 5.42. The van der Waals surface area contributed by atoms with E-state index in [2.05, 4.69) is 33.8 Å². The van der Waals surface area contributed by atoms with Crippen LogP contribution in [0.4, 0.5) is 0 Å². The summed E-state index contributed by atoms with van der Waals surface area (Å²) in [5.41, 5.74) is 5.05. The third-order valence-corrected chi connectivity index (χ3v) is 4.91. The lowest BCUT2D eigenvalue weighted by molar-refractivity contribution is -0.145. The van der Waals surface area contributed by atoms with Gasteiger partial charge >= 0.3 is 5.97 Å². The van der Waals surface area contributed by atoms with Gasteiger partial charge in [0.15, 0.2) is 0 Å². The molecule has 3 heteroatoms. The normalized spacial score (nSPS) is 11.5. The van der Waals surface area contributed by atoms with E-state index in [1.807, 2.05) is 20.8 Å². The van der Waals surface area contributed by atoms with E-state index in [-0.39, 0.29) is 5.97 Å². The number of esters is 1. The van der Waals surface area contributed by atoms with Crippen LogP contribution >= 0.6 is 11.8 Å². The molecule has 1 rings (SSSR count). The van der Waals surface area contributed by atoms with Crippen molar-refractivity contribution in [1.82, 2.24) is 0 Å². The number of hydrogen-bond acceptors (Lipinski definition) is 3. The number of ether oxygens (including phenoxy) is 1. The Labute approximate surface area is 120 Å². The number of thioether (sulfide) groups is 1. The second kappa shape index (κ2) is 6.00. The average Bonchev–Trinajstić information content (AvgIpc) is 2.32. The third-order valence-electron chi connectivity index (χ3n) is 3.42. The van der Waals surface area contributed by atoms with Gasteiger partial charge in [0.05, 0.1) is 6.61 Å². The largest absolute Gasteiger partial charge is 0.465 e. The molecule has 0 saturated heterocycles. The molecule has 0 heterocycles. The highest BCUT2D eigenvalue weighted by atomic mass is 32.2. The molecule has 0 spiro atoms. The van der Waals surface area contributed by atoms with Crippen molar-refractivity contribution < 1.29 is 9.53 Å². The third kappa shape index (κ3) is 3.53. The van der Waals surface area contributed by atoms with Gasteiger partial charge in [-0.25, -0.2) is 0 Å². The van der Waals surface area contributed by atoms with Gasteiger partial charge in [-0.05, 0) is 70.7 Å². The zero-order valence-electron chi connectivity index (χ0n) is 13.0. The van der Waals surface area contributed by atoms with Gasteiger partial charge in [-0.3, -0.25) is 4.79 Å². The molecule has 0 unspecified atom stereocenters. The maximum absolute atomic E-state index is 12.0. The first-order chi connectivity index (χ1) is 8.70. The molecule has 0 radical (unpaired) electrons. The van der Waals surface area contributed by atoms with Gasteiger partial charge < -0.3 is 4.74 Å². The molecular weight excluding hydrogens is 256 g/mol. The number of benzene rings is 1. The highest BCUT2D eigenvalue weighted by Crippen LogP contribution is 2.39. The Morgan fingerprint density at radius 3 is 2.05 bits per heavy atom. The first-order valence-electron chi connectivity index (χ1n) is 6.64. The molecule has 0 aliphatic carbocycles. The lowest BCUT2D eigenvalue weighted by Crippen LogP contribution is -2.30. The van der Waals surface area contributed by atoms with Crippen molar-refractivity contribution >= 4 is 17.7 Å². The summed E-state index contributed by atoms with van der Waals surface area (Å²) in [6.07, 6.45) is 0. The van der Waals surface area contributed by atoms with Gasteiger partial charge in [0.25, 0.3) is 0 Å². The molecule has 0 aromatic heterocycles. The van der Waals surface area contributed by atoms with E-state index in [1.165, 1.54) is 27.1 Å². The summed E-state index contributed by atoms with van der Waals surface area (Å²) in [5.74, 6) is -0.155. The van der Waals surface area contributed by atoms with E-state index in [1.54, 1.807) is 11.8 Å². The molecule has 0 aliphatic heterocycles. The van der Waals surface area contributed by atoms with Crippen molar-refractivity contribution in [3.63, 3.8) is 0 Å². The van der Waals surface area contributed by atoms with Crippen LogP contribution < -0.4 is 0 Å². The molecule has 106 valence electrons. The molecule has 1 aromatic rings. The minimum atomic E-state index is -0.564. The molecular formula is C16H24O2S. The van der Waals surface area contributed by atoms with Crippen molar-refractivity contribution in [2.75, 3.05) is 6.61 Å². The average molecular weight is 280 g/mol. The molecule has 0 N–H and O–H groups in total. The molecule has 0 bridgehead atoms. The van der Waals surface area contributed by atoms with Gasteiger partial charge in [0.2, 0.25) is 0 Å². The molecule has 0 saturated carbocycles. The van der Waals surface area contributed by atoms with Crippen molar-refractivity contribution in [2.24, 2.45) is 0 Å². The Bertz CT molecular complexity index is 464. The lowest BCUT2D eigenvalue weighted by Gasteiger charge is -2.25.